The summed E-state index contributed by atoms with van der Waals surface area (Å²) in [6.45, 7) is 0.834. The zero-order valence-electron chi connectivity index (χ0n) is 8.61. The van der Waals surface area contributed by atoms with Crippen LogP contribution in [0, 0.1) is 5.82 Å². The Morgan fingerprint density at radius 3 is 2.75 bits per heavy atom. The fourth-order valence-electron chi connectivity index (χ4n) is 1.95. The van der Waals surface area contributed by atoms with Crippen molar-refractivity contribution in [2.24, 2.45) is 4.99 Å². The number of thiophene rings is 1. The van der Waals surface area contributed by atoms with E-state index in [9.17, 15) is 4.39 Å². The second-order valence-electron chi connectivity index (χ2n) is 3.74. The zero-order chi connectivity index (χ0) is 11.0. The molecule has 0 atom stereocenters. The van der Waals surface area contributed by atoms with Gasteiger partial charge < -0.3 is 0 Å². The molecule has 1 nitrogen and oxygen atoms in total. The molecule has 0 bridgehead atoms. The molecular formula is C13H10FNS. The van der Waals surface area contributed by atoms with Crippen LogP contribution in [0.2, 0.25) is 0 Å². The van der Waals surface area contributed by atoms with Gasteiger partial charge in [-0.05, 0) is 35.7 Å². The summed E-state index contributed by atoms with van der Waals surface area (Å²) in [6, 6.07) is 8.65. The lowest BCUT2D eigenvalue weighted by Crippen LogP contribution is -2.11. The third kappa shape index (κ3) is 1.57. The molecule has 0 saturated heterocycles. The Labute approximate surface area is 97.3 Å². The van der Waals surface area contributed by atoms with E-state index in [1.807, 2.05) is 0 Å². The molecule has 1 aliphatic rings. The molecule has 1 aliphatic heterocycles. The second-order valence-corrected chi connectivity index (χ2v) is 4.75. The van der Waals surface area contributed by atoms with Crippen molar-refractivity contribution in [3.63, 3.8) is 0 Å². The van der Waals surface area contributed by atoms with Crippen molar-refractivity contribution in [2.75, 3.05) is 6.54 Å². The quantitative estimate of drug-likeness (QED) is 0.714. The molecular weight excluding hydrogens is 221 g/mol. The van der Waals surface area contributed by atoms with Crippen molar-refractivity contribution in [2.45, 2.75) is 6.42 Å². The smallest absolute Gasteiger partial charge is 0.123 e. The molecule has 1 aromatic heterocycles. The molecule has 0 N–H and O–H groups in total. The van der Waals surface area contributed by atoms with Gasteiger partial charge in [0.1, 0.15) is 5.82 Å². The van der Waals surface area contributed by atoms with Gasteiger partial charge in [0.05, 0.1) is 5.71 Å². The molecule has 0 fully saturated rings. The number of halogens is 1. The largest absolute Gasteiger partial charge is 0.284 e. The van der Waals surface area contributed by atoms with E-state index in [4.69, 9.17) is 0 Å². The molecule has 0 radical (unpaired) electrons. The van der Waals surface area contributed by atoms with Crippen LogP contribution in [0.4, 0.5) is 4.39 Å². The molecule has 0 saturated carbocycles. The summed E-state index contributed by atoms with van der Waals surface area (Å²) in [6.07, 6.45) is 1.03. The van der Waals surface area contributed by atoms with Crippen LogP contribution in [0.1, 0.15) is 16.0 Å². The van der Waals surface area contributed by atoms with E-state index in [1.165, 1.54) is 22.6 Å². The van der Waals surface area contributed by atoms with Gasteiger partial charge in [-0.2, -0.15) is 0 Å². The van der Waals surface area contributed by atoms with Gasteiger partial charge in [0.2, 0.25) is 0 Å². The number of hydrogen-bond donors (Lipinski definition) is 0. The summed E-state index contributed by atoms with van der Waals surface area (Å²) < 4.78 is 12.9. The summed E-state index contributed by atoms with van der Waals surface area (Å²) in [4.78, 5) is 5.93. The number of benzene rings is 1. The van der Waals surface area contributed by atoms with Gasteiger partial charge in [-0.25, -0.2) is 4.39 Å². The predicted octanol–water partition coefficient (Wildman–Crippen LogP) is 3.28. The van der Waals surface area contributed by atoms with Crippen LogP contribution >= 0.6 is 11.3 Å². The summed E-state index contributed by atoms with van der Waals surface area (Å²) in [5.41, 5.74) is 3.21. The van der Waals surface area contributed by atoms with Gasteiger partial charge >= 0.3 is 0 Å². The van der Waals surface area contributed by atoms with E-state index in [1.54, 1.807) is 23.5 Å². The Hall–Kier alpha value is -1.48. The molecule has 3 rings (SSSR count). The highest BCUT2D eigenvalue weighted by atomic mass is 32.1. The first-order valence-electron chi connectivity index (χ1n) is 5.22. The Morgan fingerprint density at radius 2 is 1.94 bits per heavy atom. The number of nitrogens with zero attached hydrogens (tertiary/aromatic N) is 1. The minimum atomic E-state index is -0.203. The normalized spacial score (nSPS) is 14.4. The molecule has 0 aliphatic carbocycles. The second kappa shape index (κ2) is 3.83. The number of hydrogen-bond acceptors (Lipinski definition) is 2. The predicted molar refractivity (Wildman–Crippen MR) is 64.9 cm³/mol. The minimum Gasteiger partial charge on any atom is -0.284 e. The first-order chi connectivity index (χ1) is 7.84. The molecule has 0 spiro atoms. The van der Waals surface area contributed by atoms with E-state index in [2.05, 4.69) is 16.4 Å². The topological polar surface area (TPSA) is 12.4 Å². The van der Waals surface area contributed by atoms with E-state index in [-0.39, 0.29) is 5.82 Å². The average Bonchev–Trinajstić information content (AvgIpc) is 2.78. The van der Waals surface area contributed by atoms with Crippen molar-refractivity contribution in [3.05, 3.63) is 57.5 Å². The maximum atomic E-state index is 12.9. The number of aliphatic imine (C=N–C) groups is 1. The lowest BCUT2D eigenvalue weighted by atomic mass is 10.00. The molecule has 2 aromatic rings. The third-order valence-electron chi connectivity index (χ3n) is 2.73. The SMILES string of the molecule is Fc1ccc(C2=NCCc3sccc32)cc1. The first kappa shape index (κ1) is 9.73. The van der Waals surface area contributed by atoms with Crippen molar-refractivity contribution < 1.29 is 4.39 Å². The van der Waals surface area contributed by atoms with Gasteiger partial charge in [-0.15, -0.1) is 11.3 Å². The molecule has 80 valence electrons. The van der Waals surface area contributed by atoms with E-state index < -0.39 is 0 Å². The lowest BCUT2D eigenvalue weighted by molar-refractivity contribution is 0.628. The third-order valence-corrected chi connectivity index (χ3v) is 3.71. The standard InChI is InChI=1S/C13H10FNS/c14-10-3-1-9(2-4-10)13-11-6-8-16-12(11)5-7-15-13/h1-4,6,8H,5,7H2. The Morgan fingerprint density at radius 1 is 1.12 bits per heavy atom. The highest BCUT2D eigenvalue weighted by Crippen LogP contribution is 2.25. The van der Waals surface area contributed by atoms with Crippen LogP contribution in [0.25, 0.3) is 0 Å². The number of fused-ring (bicyclic) bond motifs is 1. The summed E-state index contributed by atoms with van der Waals surface area (Å²) in [5, 5.41) is 2.09. The number of rotatable bonds is 1. The highest BCUT2D eigenvalue weighted by Gasteiger charge is 2.16. The molecule has 0 unspecified atom stereocenters. The van der Waals surface area contributed by atoms with E-state index in [0.717, 1.165) is 24.2 Å². The van der Waals surface area contributed by atoms with Crippen LogP contribution in [0.3, 0.4) is 0 Å². The van der Waals surface area contributed by atoms with Crippen LogP contribution < -0.4 is 0 Å². The van der Waals surface area contributed by atoms with Crippen molar-refractivity contribution in [1.29, 1.82) is 0 Å². The van der Waals surface area contributed by atoms with Crippen LogP contribution in [-0.4, -0.2) is 12.3 Å². The van der Waals surface area contributed by atoms with Crippen molar-refractivity contribution in [1.82, 2.24) is 0 Å². The lowest BCUT2D eigenvalue weighted by Gasteiger charge is -2.12. The Kier molecular flexibility index (Phi) is 2.33. The van der Waals surface area contributed by atoms with Gasteiger partial charge in [-0.1, -0.05) is 0 Å². The summed E-state index contributed by atoms with van der Waals surface area (Å²) >= 11 is 1.77. The Bertz CT molecular complexity index is 539. The van der Waals surface area contributed by atoms with E-state index >= 15 is 0 Å². The maximum absolute atomic E-state index is 12.9. The maximum Gasteiger partial charge on any atom is 0.123 e. The van der Waals surface area contributed by atoms with E-state index in [0.29, 0.717) is 0 Å². The summed E-state index contributed by atoms with van der Waals surface area (Å²) in [5.74, 6) is -0.203. The highest BCUT2D eigenvalue weighted by molar-refractivity contribution is 7.10. The fraction of sp³-hybridized carbons (Fsp3) is 0.154. The van der Waals surface area contributed by atoms with Crippen molar-refractivity contribution >= 4 is 17.0 Å². The van der Waals surface area contributed by atoms with Crippen LogP contribution in [-0.2, 0) is 6.42 Å². The Balaban J connectivity index is 2.08. The van der Waals surface area contributed by atoms with Gasteiger partial charge in [0.15, 0.2) is 0 Å². The minimum absolute atomic E-state index is 0.203. The first-order valence-corrected chi connectivity index (χ1v) is 6.10. The molecule has 2 heterocycles. The molecule has 1 aromatic carbocycles. The van der Waals surface area contributed by atoms with Gasteiger partial charge in [0.25, 0.3) is 0 Å². The monoisotopic (exact) mass is 231 g/mol. The summed E-state index contributed by atoms with van der Waals surface area (Å²) in [7, 11) is 0. The molecule has 16 heavy (non-hydrogen) atoms. The van der Waals surface area contributed by atoms with Crippen LogP contribution in [0.15, 0.2) is 40.7 Å². The van der Waals surface area contributed by atoms with Gasteiger partial charge in [0, 0.05) is 29.0 Å². The van der Waals surface area contributed by atoms with Crippen molar-refractivity contribution in [3.8, 4) is 0 Å². The van der Waals surface area contributed by atoms with Crippen LogP contribution in [0.5, 0.6) is 0 Å². The molecule has 0 amide bonds. The zero-order valence-corrected chi connectivity index (χ0v) is 9.43. The average molecular weight is 231 g/mol. The molecule has 3 heteroatoms. The fourth-order valence-corrected chi connectivity index (χ4v) is 2.82. The van der Waals surface area contributed by atoms with Gasteiger partial charge in [-0.3, -0.25) is 4.99 Å².